The van der Waals surface area contributed by atoms with Gasteiger partial charge in [-0.3, -0.25) is 4.79 Å². The minimum absolute atomic E-state index is 0.131. The number of hydrogen-bond donors (Lipinski definition) is 0. The van der Waals surface area contributed by atoms with E-state index in [0.717, 1.165) is 24.0 Å². The molecule has 0 aromatic heterocycles. The molecule has 0 spiro atoms. The average molecular weight is 303 g/mol. The van der Waals surface area contributed by atoms with E-state index in [0.29, 0.717) is 13.1 Å². The molecule has 2 rings (SSSR count). The molecule has 4 nitrogen and oxygen atoms in total. The quantitative estimate of drug-likeness (QED) is 0.780. The van der Waals surface area contributed by atoms with E-state index in [1.807, 2.05) is 52.0 Å². The number of rotatable bonds is 2. The minimum Gasteiger partial charge on any atom is -0.444 e. The number of carbonyl (C=O) groups is 2. The van der Waals surface area contributed by atoms with Gasteiger partial charge in [0, 0.05) is 24.6 Å². The van der Waals surface area contributed by atoms with Gasteiger partial charge in [0.1, 0.15) is 5.60 Å². The SMILES string of the molecule is Cc1ccccc1C(=O)[C@@H]1CCCN(C(=O)OC(C)(C)C)C1. The number of carbonyl (C=O) groups excluding carboxylic acids is 2. The molecule has 1 fully saturated rings. The summed E-state index contributed by atoms with van der Waals surface area (Å²) in [5.41, 5.74) is 1.24. The van der Waals surface area contributed by atoms with Crippen LogP contribution in [0.15, 0.2) is 24.3 Å². The Kier molecular flexibility index (Phi) is 4.89. The Morgan fingerprint density at radius 3 is 2.55 bits per heavy atom. The summed E-state index contributed by atoms with van der Waals surface area (Å²) in [7, 11) is 0. The summed E-state index contributed by atoms with van der Waals surface area (Å²) in [6.45, 7) is 8.61. The zero-order chi connectivity index (χ0) is 16.3. The summed E-state index contributed by atoms with van der Waals surface area (Å²) < 4.78 is 5.41. The van der Waals surface area contributed by atoms with E-state index in [4.69, 9.17) is 4.74 Å². The van der Waals surface area contributed by atoms with Crippen LogP contribution >= 0.6 is 0 Å². The fourth-order valence-corrected chi connectivity index (χ4v) is 2.75. The van der Waals surface area contributed by atoms with Crippen molar-refractivity contribution in [2.45, 2.75) is 46.1 Å². The molecular formula is C18H25NO3. The van der Waals surface area contributed by atoms with Gasteiger partial charge < -0.3 is 9.64 Å². The minimum atomic E-state index is -0.510. The highest BCUT2D eigenvalue weighted by molar-refractivity contribution is 5.99. The predicted molar refractivity (Wildman–Crippen MR) is 86.0 cm³/mol. The zero-order valence-electron chi connectivity index (χ0n) is 13.9. The Morgan fingerprint density at radius 2 is 1.91 bits per heavy atom. The second kappa shape index (κ2) is 6.51. The summed E-state index contributed by atoms with van der Waals surface area (Å²) in [4.78, 5) is 26.5. The molecule has 1 aromatic carbocycles. The lowest BCUT2D eigenvalue weighted by Crippen LogP contribution is -2.44. The van der Waals surface area contributed by atoms with Gasteiger partial charge >= 0.3 is 6.09 Å². The zero-order valence-corrected chi connectivity index (χ0v) is 13.9. The van der Waals surface area contributed by atoms with Gasteiger partial charge in [0.25, 0.3) is 0 Å². The van der Waals surface area contributed by atoms with Crippen LogP contribution < -0.4 is 0 Å². The van der Waals surface area contributed by atoms with Crippen molar-refractivity contribution < 1.29 is 14.3 Å². The van der Waals surface area contributed by atoms with E-state index in [1.54, 1.807) is 4.90 Å². The van der Waals surface area contributed by atoms with Gasteiger partial charge in [-0.05, 0) is 46.1 Å². The van der Waals surface area contributed by atoms with Gasteiger partial charge in [0.05, 0.1) is 0 Å². The summed E-state index contributed by atoms with van der Waals surface area (Å²) in [5, 5.41) is 0. The van der Waals surface area contributed by atoms with Crippen LogP contribution in [0, 0.1) is 12.8 Å². The number of Topliss-reactive ketones (excluding diaryl/α,β-unsaturated/α-hetero) is 1. The van der Waals surface area contributed by atoms with Crippen LogP contribution in [0.5, 0.6) is 0 Å². The molecule has 0 unspecified atom stereocenters. The number of likely N-dealkylation sites (tertiary alicyclic amines) is 1. The van der Waals surface area contributed by atoms with Crippen LogP contribution in [0.25, 0.3) is 0 Å². The van der Waals surface area contributed by atoms with Gasteiger partial charge in [-0.2, -0.15) is 0 Å². The molecule has 1 amide bonds. The first kappa shape index (κ1) is 16.5. The first-order valence-electron chi connectivity index (χ1n) is 7.86. The summed E-state index contributed by atoms with van der Waals surface area (Å²) in [6, 6.07) is 7.63. The largest absolute Gasteiger partial charge is 0.444 e. The van der Waals surface area contributed by atoms with Gasteiger partial charge in [-0.1, -0.05) is 24.3 Å². The van der Waals surface area contributed by atoms with Crippen molar-refractivity contribution in [2.24, 2.45) is 5.92 Å². The maximum atomic E-state index is 12.7. The highest BCUT2D eigenvalue weighted by Gasteiger charge is 2.31. The normalized spacial score (nSPS) is 18.9. The van der Waals surface area contributed by atoms with E-state index in [-0.39, 0.29) is 17.8 Å². The molecule has 1 heterocycles. The maximum absolute atomic E-state index is 12.7. The van der Waals surface area contributed by atoms with E-state index in [9.17, 15) is 9.59 Å². The third-order valence-corrected chi connectivity index (χ3v) is 3.85. The van der Waals surface area contributed by atoms with Crippen molar-refractivity contribution in [1.29, 1.82) is 0 Å². The number of nitrogens with zero attached hydrogens (tertiary/aromatic N) is 1. The standard InChI is InChI=1S/C18H25NO3/c1-13-8-5-6-10-15(13)16(20)14-9-7-11-19(12-14)17(21)22-18(2,3)4/h5-6,8,10,14H,7,9,11-12H2,1-4H3/t14-/m1/s1. The molecule has 0 N–H and O–H groups in total. The summed E-state index contributed by atoms with van der Waals surface area (Å²) in [6.07, 6.45) is 1.34. The first-order chi connectivity index (χ1) is 10.3. The van der Waals surface area contributed by atoms with Crippen LogP contribution in [-0.4, -0.2) is 35.5 Å². The molecule has 0 aliphatic carbocycles. The van der Waals surface area contributed by atoms with Gasteiger partial charge in [0.15, 0.2) is 5.78 Å². The number of amides is 1. The predicted octanol–water partition coefficient (Wildman–Crippen LogP) is 3.82. The number of piperidine rings is 1. The van der Waals surface area contributed by atoms with Gasteiger partial charge in [0.2, 0.25) is 0 Å². The fourth-order valence-electron chi connectivity index (χ4n) is 2.75. The van der Waals surface area contributed by atoms with Crippen LogP contribution in [0.2, 0.25) is 0 Å². The lowest BCUT2D eigenvalue weighted by molar-refractivity contribution is 0.0172. The van der Waals surface area contributed by atoms with E-state index < -0.39 is 5.60 Å². The molecule has 0 saturated carbocycles. The fraction of sp³-hybridized carbons (Fsp3) is 0.556. The molecular weight excluding hydrogens is 278 g/mol. The smallest absolute Gasteiger partial charge is 0.410 e. The van der Waals surface area contributed by atoms with Crippen molar-refractivity contribution in [3.8, 4) is 0 Å². The molecule has 0 bridgehead atoms. The van der Waals surface area contributed by atoms with Gasteiger partial charge in [-0.25, -0.2) is 4.79 Å². The van der Waals surface area contributed by atoms with Crippen LogP contribution in [-0.2, 0) is 4.74 Å². The van der Waals surface area contributed by atoms with E-state index in [2.05, 4.69) is 0 Å². The highest BCUT2D eigenvalue weighted by atomic mass is 16.6. The average Bonchev–Trinajstić information content (AvgIpc) is 2.45. The molecule has 1 aliphatic rings. The topological polar surface area (TPSA) is 46.6 Å². The Bertz CT molecular complexity index is 560. The van der Waals surface area contributed by atoms with Crippen LogP contribution in [0.1, 0.15) is 49.5 Å². The Balaban J connectivity index is 2.06. The number of ketones is 1. The molecule has 22 heavy (non-hydrogen) atoms. The molecule has 1 aromatic rings. The van der Waals surface area contributed by atoms with Crippen molar-refractivity contribution >= 4 is 11.9 Å². The monoisotopic (exact) mass is 303 g/mol. The van der Waals surface area contributed by atoms with Crippen LogP contribution in [0.4, 0.5) is 4.79 Å². The van der Waals surface area contributed by atoms with E-state index >= 15 is 0 Å². The molecule has 1 saturated heterocycles. The van der Waals surface area contributed by atoms with Crippen molar-refractivity contribution in [2.75, 3.05) is 13.1 Å². The summed E-state index contributed by atoms with van der Waals surface area (Å²) >= 11 is 0. The first-order valence-corrected chi connectivity index (χ1v) is 7.86. The van der Waals surface area contributed by atoms with Gasteiger partial charge in [-0.15, -0.1) is 0 Å². The molecule has 1 atom stereocenters. The Morgan fingerprint density at radius 1 is 1.23 bits per heavy atom. The molecule has 120 valence electrons. The van der Waals surface area contributed by atoms with Crippen molar-refractivity contribution in [3.05, 3.63) is 35.4 Å². The second-order valence-corrected chi connectivity index (χ2v) is 6.94. The maximum Gasteiger partial charge on any atom is 0.410 e. The molecule has 1 aliphatic heterocycles. The number of hydrogen-bond acceptors (Lipinski definition) is 3. The van der Waals surface area contributed by atoms with E-state index in [1.165, 1.54) is 0 Å². The Hall–Kier alpha value is -1.84. The lowest BCUT2D eigenvalue weighted by atomic mass is 9.88. The van der Waals surface area contributed by atoms with Crippen molar-refractivity contribution in [1.82, 2.24) is 4.90 Å². The number of ether oxygens (including phenoxy) is 1. The summed E-state index contributed by atoms with van der Waals surface area (Å²) in [5.74, 6) is -0.00581. The Labute approximate surface area is 132 Å². The highest BCUT2D eigenvalue weighted by Crippen LogP contribution is 2.24. The number of aryl methyl sites for hydroxylation is 1. The third kappa shape index (κ3) is 4.09. The lowest BCUT2D eigenvalue weighted by Gasteiger charge is -2.33. The van der Waals surface area contributed by atoms with Crippen LogP contribution in [0.3, 0.4) is 0 Å². The van der Waals surface area contributed by atoms with Crippen molar-refractivity contribution in [3.63, 3.8) is 0 Å². The second-order valence-electron chi connectivity index (χ2n) is 6.94. The molecule has 0 radical (unpaired) electrons. The molecule has 4 heteroatoms. The number of benzene rings is 1. The third-order valence-electron chi connectivity index (χ3n) is 3.85.